The van der Waals surface area contributed by atoms with E-state index < -0.39 is 11.9 Å². The molecule has 0 radical (unpaired) electrons. The minimum absolute atomic E-state index is 0. The predicted octanol–water partition coefficient (Wildman–Crippen LogP) is -5.24. The molecule has 0 atom stereocenters. The molecule has 0 aliphatic heterocycles. The summed E-state index contributed by atoms with van der Waals surface area (Å²) < 4.78 is 0. The summed E-state index contributed by atoms with van der Waals surface area (Å²) in [7, 11) is 1.39. The van der Waals surface area contributed by atoms with E-state index in [9.17, 15) is 14.7 Å². The summed E-state index contributed by atoms with van der Waals surface area (Å²) in [4.78, 5) is 20.9. The molecule has 5 nitrogen and oxygen atoms in total. The molecule has 0 spiro atoms. The van der Waals surface area contributed by atoms with E-state index in [1.54, 1.807) is 0 Å². The molecule has 6 heteroatoms. The number of carbonyl (C=O) groups excluding carboxylic acids is 1. The molecule has 58 valence electrons. The van der Waals surface area contributed by atoms with Gasteiger partial charge in [0.15, 0.2) is 0 Å². The Kier molecular flexibility index (Phi) is 9.22. The maximum atomic E-state index is 9.94. The van der Waals surface area contributed by atoms with Crippen LogP contribution in [-0.2, 0) is 9.59 Å². The number of hydrogen-bond donors (Lipinski definition) is 1. The first kappa shape index (κ1) is 14.1. The molecule has 0 rings (SSSR count). The predicted molar refractivity (Wildman–Crippen MR) is 30.1 cm³/mol. The number of aliphatic carboxylic acids is 2. The van der Waals surface area contributed by atoms with Crippen LogP contribution in [0.1, 0.15) is 0 Å². The van der Waals surface area contributed by atoms with E-state index >= 15 is 0 Å². The van der Waals surface area contributed by atoms with Crippen molar-refractivity contribution in [3.8, 4) is 0 Å². The summed E-state index contributed by atoms with van der Waals surface area (Å²) in [5.41, 5.74) is 0. The van der Waals surface area contributed by atoms with Gasteiger partial charge in [-0.1, -0.05) is 0 Å². The van der Waals surface area contributed by atoms with E-state index in [4.69, 9.17) is 5.11 Å². The van der Waals surface area contributed by atoms with Gasteiger partial charge < -0.3 is 15.0 Å². The average molecular weight is 185 g/mol. The molecule has 0 amide bonds. The van der Waals surface area contributed by atoms with E-state index in [-0.39, 0.29) is 64.5 Å². The van der Waals surface area contributed by atoms with Crippen molar-refractivity contribution in [1.29, 1.82) is 0 Å². The Hall–Kier alpha value is 0.536. The fourth-order valence-corrected chi connectivity index (χ4v) is 0.507. The molecule has 0 unspecified atom stereocenters. The maximum Gasteiger partial charge on any atom is 1.00 e. The van der Waals surface area contributed by atoms with Gasteiger partial charge in [0, 0.05) is 6.54 Å². The fourth-order valence-electron chi connectivity index (χ4n) is 0.507. The maximum absolute atomic E-state index is 9.94. The summed E-state index contributed by atoms with van der Waals surface area (Å²) >= 11 is 0. The van der Waals surface area contributed by atoms with Crippen molar-refractivity contribution in [3.05, 3.63) is 0 Å². The number of carbonyl (C=O) groups is 2. The summed E-state index contributed by atoms with van der Waals surface area (Å²) in [6.45, 7) is -0.639. The Labute approximate surface area is 107 Å². The summed E-state index contributed by atoms with van der Waals surface area (Å²) in [5, 5.41) is 18.0. The SMILES string of the molecule is CN(CC(=O)[O-])CC(=O)O.[K+]. The second-order valence-electron chi connectivity index (χ2n) is 1.94. The third kappa shape index (κ3) is 10.5. The van der Waals surface area contributed by atoms with Crippen LogP contribution in [-0.4, -0.2) is 42.1 Å². The molecule has 0 bridgehead atoms. The smallest absolute Gasteiger partial charge is 0.549 e. The Balaban J connectivity index is 0. The van der Waals surface area contributed by atoms with E-state index in [1.807, 2.05) is 0 Å². The monoisotopic (exact) mass is 185 g/mol. The first-order valence-corrected chi connectivity index (χ1v) is 2.62. The summed E-state index contributed by atoms with van der Waals surface area (Å²) in [6, 6.07) is 0. The standard InChI is InChI=1S/C5H9NO4.K/c1-6(2-4(7)8)3-5(9)10;/h2-3H2,1H3,(H,7,8)(H,9,10);/q;+1/p-1. The van der Waals surface area contributed by atoms with Gasteiger partial charge in [0.25, 0.3) is 0 Å². The van der Waals surface area contributed by atoms with Crippen molar-refractivity contribution in [2.75, 3.05) is 20.1 Å². The number of nitrogens with zero attached hydrogens (tertiary/aromatic N) is 1. The Morgan fingerprint density at radius 3 is 2.18 bits per heavy atom. The van der Waals surface area contributed by atoms with Crippen LogP contribution in [0.5, 0.6) is 0 Å². The topological polar surface area (TPSA) is 80.7 Å². The number of likely N-dealkylation sites (N-methyl/N-ethyl adjacent to an activating group) is 1. The van der Waals surface area contributed by atoms with Crippen molar-refractivity contribution in [3.63, 3.8) is 0 Å². The minimum atomic E-state index is -1.27. The number of rotatable bonds is 4. The Morgan fingerprint density at radius 1 is 1.45 bits per heavy atom. The van der Waals surface area contributed by atoms with Crippen molar-refractivity contribution in [2.24, 2.45) is 0 Å². The molecule has 0 heterocycles. The van der Waals surface area contributed by atoms with Crippen LogP contribution < -0.4 is 56.5 Å². The molecule has 0 aliphatic rings. The van der Waals surface area contributed by atoms with Gasteiger partial charge in [-0.15, -0.1) is 0 Å². The fraction of sp³-hybridized carbons (Fsp3) is 0.600. The third-order valence-corrected chi connectivity index (χ3v) is 0.804. The van der Waals surface area contributed by atoms with Gasteiger partial charge in [-0.25, -0.2) is 0 Å². The summed E-state index contributed by atoms with van der Waals surface area (Å²) in [5.74, 6) is -2.33. The van der Waals surface area contributed by atoms with E-state index in [0.29, 0.717) is 0 Å². The van der Waals surface area contributed by atoms with Crippen LogP contribution in [0.2, 0.25) is 0 Å². The zero-order chi connectivity index (χ0) is 8.15. The quantitative estimate of drug-likeness (QED) is 0.443. The van der Waals surface area contributed by atoms with Gasteiger partial charge in [0.2, 0.25) is 0 Å². The van der Waals surface area contributed by atoms with E-state index in [2.05, 4.69) is 0 Å². The van der Waals surface area contributed by atoms with Gasteiger partial charge >= 0.3 is 57.4 Å². The van der Waals surface area contributed by atoms with Gasteiger partial charge in [-0.2, -0.15) is 0 Å². The van der Waals surface area contributed by atoms with E-state index in [0.717, 1.165) is 4.90 Å². The van der Waals surface area contributed by atoms with Crippen LogP contribution in [0.3, 0.4) is 0 Å². The molecule has 0 saturated carbocycles. The van der Waals surface area contributed by atoms with Crippen LogP contribution in [0.15, 0.2) is 0 Å². The third-order valence-electron chi connectivity index (χ3n) is 0.804. The zero-order valence-electron chi connectivity index (χ0n) is 6.53. The molecule has 0 aromatic rings. The van der Waals surface area contributed by atoms with Crippen LogP contribution in [0.4, 0.5) is 0 Å². The normalized spacial score (nSPS) is 8.91. The molecule has 0 aliphatic carbocycles. The van der Waals surface area contributed by atoms with Gasteiger partial charge in [-0.3, -0.25) is 9.69 Å². The Bertz CT molecular complexity index is 133. The molecule has 0 aromatic carbocycles. The first-order valence-electron chi connectivity index (χ1n) is 2.62. The minimum Gasteiger partial charge on any atom is -0.549 e. The number of carboxylic acid groups (broad SMARTS) is 2. The van der Waals surface area contributed by atoms with Crippen LogP contribution in [0, 0.1) is 0 Å². The zero-order valence-corrected chi connectivity index (χ0v) is 9.66. The van der Waals surface area contributed by atoms with Gasteiger partial charge in [-0.05, 0) is 7.05 Å². The second-order valence-corrected chi connectivity index (χ2v) is 1.94. The molecule has 0 aromatic heterocycles. The molecular formula is C5H8KNO4. The Morgan fingerprint density at radius 2 is 1.91 bits per heavy atom. The molecule has 1 N–H and O–H groups in total. The van der Waals surface area contributed by atoms with Crippen molar-refractivity contribution in [1.82, 2.24) is 4.90 Å². The first-order chi connectivity index (χ1) is 4.52. The molecule has 11 heavy (non-hydrogen) atoms. The molecule has 0 saturated heterocycles. The van der Waals surface area contributed by atoms with Crippen molar-refractivity contribution in [2.45, 2.75) is 0 Å². The van der Waals surface area contributed by atoms with Crippen molar-refractivity contribution < 1.29 is 71.2 Å². The summed E-state index contributed by atoms with van der Waals surface area (Å²) in [6.07, 6.45) is 0. The molecule has 0 fully saturated rings. The van der Waals surface area contributed by atoms with Crippen molar-refractivity contribution >= 4 is 11.9 Å². The second kappa shape index (κ2) is 7.20. The van der Waals surface area contributed by atoms with Gasteiger partial charge in [0.1, 0.15) is 0 Å². The number of carboxylic acids is 2. The number of hydrogen-bond acceptors (Lipinski definition) is 4. The van der Waals surface area contributed by atoms with Gasteiger partial charge in [0.05, 0.1) is 12.5 Å². The van der Waals surface area contributed by atoms with E-state index in [1.165, 1.54) is 7.05 Å². The average Bonchev–Trinajstić information content (AvgIpc) is 1.58. The largest absolute Gasteiger partial charge is 1.00 e. The van der Waals surface area contributed by atoms with Crippen LogP contribution in [0.25, 0.3) is 0 Å². The van der Waals surface area contributed by atoms with Crippen LogP contribution >= 0.6 is 0 Å². The molecular weight excluding hydrogens is 177 g/mol.